The van der Waals surface area contributed by atoms with Crippen LogP contribution in [0.4, 0.5) is 11.5 Å². The van der Waals surface area contributed by atoms with Gasteiger partial charge in [-0.05, 0) is 42.7 Å². The van der Waals surface area contributed by atoms with Crippen LogP contribution in [0.2, 0.25) is 0 Å². The molecule has 2 aromatic heterocycles. The third kappa shape index (κ3) is 3.31. The Balaban J connectivity index is 1.63. The van der Waals surface area contributed by atoms with Crippen LogP contribution in [0.15, 0.2) is 60.1 Å². The molecule has 0 spiro atoms. The van der Waals surface area contributed by atoms with Gasteiger partial charge in [-0.15, -0.1) is 0 Å². The summed E-state index contributed by atoms with van der Waals surface area (Å²) in [5.74, 6) is 2.18. The first-order valence-electron chi connectivity index (χ1n) is 9.87. The number of hydrogen-bond acceptors (Lipinski definition) is 7. The first-order valence-corrected chi connectivity index (χ1v) is 9.87. The number of fused-ring (bicyclic) bond motifs is 2. The molecule has 5 rings (SSSR count). The third-order valence-corrected chi connectivity index (χ3v) is 5.49. The highest BCUT2D eigenvalue weighted by atomic mass is 16.5. The lowest BCUT2D eigenvalue weighted by Gasteiger charge is -2.12. The Labute approximate surface area is 178 Å². The molecule has 0 radical (unpaired) electrons. The molecule has 8 heteroatoms. The van der Waals surface area contributed by atoms with Crippen LogP contribution in [-0.4, -0.2) is 39.5 Å². The zero-order chi connectivity index (χ0) is 21.4. The van der Waals surface area contributed by atoms with E-state index >= 15 is 0 Å². The zero-order valence-electron chi connectivity index (χ0n) is 17.2. The monoisotopic (exact) mass is 415 g/mol. The highest BCUT2D eigenvalue weighted by Gasteiger charge is 2.20. The quantitative estimate of drug-likeness (QED) is 0.373. The van der Waals surface area contributed by atoms with Crippen LogP contribution in [0.25, 0.3) is 16.9 Å². The van der Waals surface area contributed by atoms with E-state index in [4.69, 9.17) is 14.5 Å². The smallest absolute Gasteiger partial charge is 0.157 e. The second-order valence-corrected chi connectivity index (χ2v) is 7.26. The molecule has 0 fully saturated rings. The summed E-state index contributed by atoms with van der Waals surface area (Å²) in [7, 11) is 3.25. The van der Waals surface area contributed by atoms with E-state index < -0.39 is 0 Å². The van der Waals surface area contributed by atoms with Gasteiger partial charge in [-0.1, -0.05) is 11.2 Å². The highest BCUT2D eigenvalue weighted by Crippen LogP contribution is 2.36. The number of benzene rings is 2. The van der Waals surface area contributed by atoms with Crippen LogP contribution in [-0.2, 0) is 6.42 Å². The molecule has 31 heavy (non-hydrogen) atoms. The average Bonchev–Trinajstić information content (AvgIpc) is 3.39. The van der Waals surface area contributed by atoms with Crippen molar-refractivity contribution in [2.75, 3.05) is 19.5 Å². The van der Waals surface area contributed by atoms with Crippen LogP contribution in [0, 0.1) is 0 Å². The topological polar surface area (TPSA) is 93.3 Å². The largest absolute Gasteiger partial charge is 0.497 e. The molecule has 2 N–H and O–H groups in total. The van der Waals surface area contributed by atoms with Crippen molar-refractivity contribution in [3.8, 4) is 22.8 Å². The van der Waals surface area contributed by atoms with Gasteiger partial charge < -0.3 is 20.0 Å². The van der Waals surface area contributed by atoms with E-state index in [-0.39, 0.29) is 0 Å². The van der Waals surface area contributed by atoms with Crippen molar-refractivity contribution >= 4 is 22.9 Å². The number of oxime groups is 1. The summed E-state index contributed by atoms with van der Waals surface area (Å²) in [6, 6.07) is 11.7. The number of aromatic nitrogens is 3. The van der Waals surface area contributed by atoms with Crippen molar-refractivity contribution < 1.29 is 14.7 Å². The summed E-state index contributed by atoms with van der Waals surface area (Å²) < 4.78 is 12.8. The summed E-state index contributed by atoms with van der Waals surface area (Å²) in [6.07, 6.45) is 6.91. The van der Waals surface area contributed by atoms with Gasteiger partial charge in [0.05, 0.1) is 26.1 Å². The van der Waals surface area contributed by atoms with Gasteiger partial charge >= 0.3 is 0 Å². The summed E-state index contributed by atoms with van der Waals surface area (Å²) in [4.78, 5) is 9.01. The van der Waals surface area contributed by atoms with Crippen molar-refractivity contribution in [3.63, 3.8) is 0 Å². The zero-order valence-corrected chi connectivity index (χ0v) is 17.2. The molecule has 2 heterocycles. The number of anilines is 2. The maximum absolute atomic E-state index is 9.19. The molecule has 0 atom stereocenters. The van der Waals surface area contributed by atoms with E-state index in [1.807, 2.05) is 40.9 Å². The number of rotatable bonds is 5. The fourth-order valence-electron chi connectivity index (χ4n) is 3.96. The van der Waals surface area contributed by atoms with Crippen molar-refractivity contribution in [2.45, 2.75) is 12.8 Å². The third-order valence-electron chi connectivity index (χ3n) is 5.49. The molecular formula is C23H21N5O3. The fraction of sp³-hybridized carbons (Fsp3) is 0.174. The van der Waals surface area contributed by atoms with Crippen LogP contribution in [0.3, 0.4) is 0 Å². The van der Waals surface area contributed by atoms with E-state index in [2.05, 4.69) is 21.5 Å². The van der Waals surface area contributed by atoms with Crippen LogP contribution in [0.5, 0.6) is 11.5 Å². The Hall–Kier alpha value is -4.07. The molecule has 0 amide bonds. The summed E-state index contributed by atoms with van der Waals surface area (Å²) >= 11 is 0. The van der Waals surface area contributed by atoms with Crippen molar-refractivity contribution in [3.05, 3.63) is 66.1 Å². The molecule has 8 nitrogen and oxygen atoms in total. The Kier molecular flexibility index (Phi) is 4.66. The Bertz CT molecular complexity index is 1290. The molecule has 2 aromatic carbocycles. The minimum atomic E-state index is 0.684. The van der Waals surface area contributed by atoms with Gasteiger partial charge in [0.15, 0.2) is 5.65 Å². The Morgan fingerprint density at radius 2 is 1.87 bits per heavy atom. The van der Waals surface area contributed by atoms with Gasteiger partial charge in [0.2, 0.25) is 0 Å². The van der Waals surface area contributed by atoms with E-state index in [9.17, 15) is 5.21 Å². The molecule has 4 aromatic rings. The van der Waals surface area contributed by atoms with E-state index in [1.165, 1.54) is 0 Å². The second-order valence-electron chi connectivity index (χ2n) is 7.26. The van der Waals surface area contributed by atoms with Gasteiger partial charge in [0.1, 0.15) is 23.0 Å². The summed E-state index contributed by atoms with van der Waals surface area (Å²) in [5.41, 5.74) is 6.13. The second kappa shape index (κ2) is 7.64. The Morgan fingerprint density at radius 1 is 1.06 bits per heavy atom. The molecule has 1 aliphatic rings. The van der Waals surface area contributed by atoms with E-state index in [1.54, 1.807) is 26.6 Å². The van der Waals surface area contributed by atoms with Crippen molar-refractivity contribution in [2.24, 2.45) is 5.16 Å². The van der Waals surface area contributed by atoms with Crippen molar-refractivity contribution in [1.29, 1.82) is 0 Å². The molecule has 0 saturated carbocycles. The molecule has 156 valence electrons. The fourth-order valence-corrected chi connectivity index (χ4v) is 3.96. The molecular weight excluding hydrogens is 394 g/mol. The summed E-state index contributed by atoms with van der Waals surface area (Å²) in [5, 5.41) is 16.1. The van der Waals surface area contributed by atoms with Crippen molar-refractivity contribution in [1.82, 2.24) is 14.4 Å². The van der Waals surface area contributed by atoms with E-state index in [0.29, 0.717) is 11.5 Å². The lowest BCUT2D eigenvalue weighted by molar-refractivity contribution is 0.318. The lowest BCUT2D eigenvalue weighted by atomic mass is 10.1. The van der Waals surface area contributed by atoms with Gasteiger partial charge in [-0.25, -0.2) is 4.98 Å². The maximum Gasteiger partial charge on any atom is 0.157 e. The standard InChI is InChI=1S/C23H21N5O3/c1-30-17-10-15(11-18(12-17)31-2)22-23(28-8-7-24-13-21(28)26-22)25-16-4-5-19-14(9-16)3-6-20(19)27-29/h4-5,7-13,25,29H,3,6H2,1-2H3/b27-20-. The number of ether oxygens (including phenoxy) is 2. The maximum atomic E-state index is 9.19. The first-order chi connectivity index (χ1) is 15.2. The number of methoxy groups -OCH3 is 2. The molecule has 0 bridgehead atoms. The number of aryl methyl sites for hydroxylation is 1. The molecule has 0 aliphatic heterocycles. The Morgan fingerprint density at radius 3 is 2.61 bits per heavy atom. The number of imidazole rings is 1. The molecule has 1 aliphatic carbocycles. The number of nitrogens with one attached hydrogen (secondary N) is 1. The van der Waals surface area contributed by atoms with Gasteiger partial charge in [0.25, 0.3) is 0 Å². The van der Waals surface area contributed by atoms with Crippen LogP contribution < -0.4 is 14.8 Å². The first kappa shape index (κ1) is 18.9. The minimum absolute atomic E-state index is 0.684. The van der Waals surface area contributed by atoms with E-state index in [0.717, 1.165) is 58.1 Å². The SMILES string of the molecule is COc1cc(OC)cc(-c2nc3cnccn3c2Nc2ccc3c(c2)CC/C3=N/O)c1. The number of nitrogens with zero attached hydrogens (tertiary/aromatic N) is 4. The van der Waals surface area contributed by atoms with Gasteiger partial charge in [-0.2, -0.15) is 0 Å². The molecule has 0 saturated heterocycles. The predicted molar refractivity (Wildman–Crippen MR) is 118 cm³/mol. The summed E-state index contributed by atoms with van der Waals surface area (Å²) in [6.45, 7) is 0. The van der Waals surface area contributed by atoms with Gasteiger partial charge in [0, 0.05) is 35.3 Å². The predicted octanol–water partition coefficient (Wildman–Crippen LogP) is 4.28. The normalized spacial score (nSPS) is 14.1. The van der Waals surface area contributed by atoms with Crippen LogP contribution >= 0.6 is 0 Å². The van der Waals surface area contributed by atoms with Crippen LogP contribution in [0.1, 0.15) is 17.5 Å². The lowest BCUT2D eigenvalue weighted by Crippen LogP contribution is -1.99. The average molecular weight is 415 g/mol. The minimum Gasteiger partial charge on any atom is -0.497 e. The highest BCUT2D eigenvalue weighted by molar-refractivity contribution is 6.04. The molecule has 0 unspecified atom stereocenters. The number of hydrogen-bond donors (Lipinski definition) is 2. The van der Waals surface area contributed by atoms with Gasteiger partial charge in [-0.3, -0.25) is 9.38 Å².